The van der Waals surface area contributed by atoms with Crippen molar-refractivity contribution in [3.05, 3.63) is 41.0 Å². The highest BCUT2D eigenvalue weighted by molar-refractivity contribution is 6.74. The first-order valence-corrected chi connectivity index (χ1v) is 21.0. The molecule has 4 aliphatic heterocycles. The average molecular weight is 735 g/mol. The number of hydrogen-bond acceptors (Lipinski definition) is 12. The molecule has 2 aromatic rings. The number of aliphatic imine (C=N–C) groups is 1. The largest absolute Gasteiger partial charge is 0.539 e. The van der Waals surface area contributed by atoms with Crippen molar-refractivity contribution in [2.24, 2.45) is 16.8 Å². The predicted octanol–water partition coefficient (Wildman–Crippen LogP) is 4.24. The smallest absolute Gasteiger partial charge is 0.310 e. The summed E-state index contributed by atoms with van der Waals surface area (Å²) in [6.45, 7) is 15.6. The van der Waals surface area contributed by atoms with Crippen molar-refractivity contribution in [1.82, 2.24) is 14.7 Å². The van der Waals surface area contributed by atoms with Crippen LogP contribution in [0.2, 0.25) is 18.1 Å². The summed E-state index contributed by atoms with van der Waals surface area (Å²) in [4.78, 5) is 51.6. The van der Waals surface area contributed by atoms with Crippen molar-refractivity contribution in [3.63, 3.8) is 0 Å². The van der Waals surface area contributed by atoms with E-state index in [1.165, 1.54) is 4.90 Å². The Morgan fingerprint density at radius 2 is 1.52 bits per heavy atom. The summed E-state index contributed by atoms with van der Waals surface area (Å²) in [5.74, 6) is 0.0859. The molecule has 7 rings (SSSR count). The third kappa shape index (κ3) is 6.42. The lowest BCUT2D eigenvalue weighted by Gasteiger charge is -2.39. The molecule has 4 atom stereocenters. The van der Waals surface area contributed by atoms with Crippen LogP contribution in [0.25, 0.3) is 0 Å². The van der Waals surface area contributed by atoms with Crippen molar-refractivity contribution in [2.75, 3.05) is 73.9 Å². The Bertz CT molecular complexity index is 1770. The summed E-state index contributed by atoms with van der Waals surface area (Å²) in [5, 5.41) is -0.0727. The second kappa shape index (κ2) is 13.7. The zero-order valence-electron chi connectivity index (χ0n) is 31.4. The van der Waals surface area contributed by atoms with Gasteiger partial charge in [-0.3, -0.25) is 29.2 Å². The van der Waals surface area contributed by atoms with Gasteiger partial charge in [0.25, 0.3) is 14.2 Å². The first kappa shape index (κ1) is 36.2. The van der Waals surface area contributed by atoms with Crippen molar-refractivity contribution >= 4 is 31.8 Å². The minimum Gasteiger partial charge on any atom is -0.539 e. The number of amides is 2. The minimum atomic E-state index is -2.30. The van der Waals surface area contributed by atoms with Gasteiger partial charge in [-0.15, -0.1) is 0 Å². The molecule has 0 bridgehead atoms. The normalized spacial score (nSPS) is 25.7. The molecule has 1 aliphatic carbocycles. The van der Waals surface area contributed by atoms with E-state index in [1.54, 1.807) is 14.2 Å². The van der Waals surface area contributed by atoms with Gasteiger partial charge in [-0.25, -0.2) is 0 Å². The van der Waals surface area contributed by atoms with Crippen molar-refractivity contribution in [3.8, 4) is 28.7 Å². The van der Waals surface area contributed by atoms with Gasteiger partial charge in [-0.2, -0.15) is 0 Å². The number of nitrogens with zero attached hydrogens (tertiary/aromatic N) is 4. The van der Waals surface area contributed by atoms with Crippen LogP contribution in [-0.2, 0) is 19.1 Å². The molecule has 52 heavy (non-hydrogen) atoms. The Labute approximate surface area is 306 Å². The predicted molar refractivity (Wildman–Crippen MR) is 195 cm³/mol. The number of likely N-dealkylation sites (tertiary alicyclic amines) is 1. The van der Waals surface area contributed by atoms with E-state index in [4.69, 9.17) is 33.1 Å². The Morgan fingerprint density at radius 3 is 2.13 bits per heavy atom. The van der Waals surface area contributed by atoms with Crippen molar-refractivity contribution < 1.29 is 42.5 Å². The maximum atomic E-state index is 13.8. The van der Waals surface area contributed by atoms with Gasteiger partial charge in [0.05, 0.1) is 39.2 Å². The first-order chi connectivity index (χ1) is 24.7. The fourth-order valence-corrected chi connectivity index (χ4v) is 8.70. The molecule has 3 fully saturated rings. The molecule has 0 spiro atoms. The molecule has 0 saturated carbocycles. The quantitative estimate of drug-likeness (QED) is 0.209. The fourth-order valence-electron chi connectivity index (χ4n) is 7.68. The van der Waals surface area contributed by atoms with E-state index in [2.05, 4.69) is 50.7 Å². The van der Waals surface area contributed by atoms with Gasteiger partial charge in [0.2, 0.25) is 12.7 Å². The highest BCUT2D eigenvalue weighted by Crippen LogP contribution is 2.57. The van der Waals surface area contributed by atoms with E-state index in [9.17, 15) is 14.4 Å². The van der Waals surface area contributed by atoms with Crippen LogP contribution in [0.1, 0.15) is 55.8 Å². The van der Waals surface area contributed by atoms with E-state index >= 15 is 0 Å². The van der Waals surface area contributed by atoms with Crippen LogP contribution in [0.5, 0.6) is 28.7 Å². The van der Waals surface area contributed by atoms with Crippen LogP contribution >= 0.6 is 0 Å². The molecule has 2 aromatic carbocycles. The standard InChI is InChI=1S/C38H50N4O9Si/c1-38(2,3)52(7,8)51-35-29(46-5)15-22(16-30(35)47-6)32-23-17-27-28(50-21-49-27)18-24(23)34(25-20-48-37(45)33(25)32)39-26-19-31(43)42(36(26)44)14-13-41-11-9-40(4)10-12-41/h15-18,25,32-34H,9-14,19-21H2,1-8H3/t25-,32+,33-,34+/m0/s1. The number of carbonyl (C=O) groups is 3. The van der Waals surface area contributed by atoms with Crippen LogP contribution in [0.3, 0.4) is 0 Å². The third-order valence-corrected chi connectivity index (χ3v) is 16.1. The Morgan fingerprint density at radius 1 is 0.885 bits per heavy atom. The van der Waals surface area contributed by atoms with Crippen molar-refractivity contribution in [2.45, 2.75) is 57.3 Å². The molecule has 13 nitrogen and oxygen atoms in total. The molecule has 4 heterocycles. The lowest BCUT2D eigenvalue weighted by atomic mass is 9.65. The van der Waals surface area contributed by atoms with E-state index in [0.29, 0.717) is 41.8 Å². The second-order valence-corrected chi connectivity index (χ2v) is 20.7. The number of benzene rings is 2. The summed E-state index contributed by atoms with van der Waals surface area (Å²) in [6, 6.07) is 6.99. The summed E-state index contributed by atoms with van der Waals surface area (Å²) in [7, 11) is 2.98. The number of esters is 1. The SMILES string of the molecule is COc1cc([C@@H]2c3cc4c(cc3[C@@H](N=C3CC(=O)N(CCN5CCN(C)CC5)C3=O)[C@H]3COC(=O)[C@H]23)OCO4)cc(OC)c1O[Si](C)(C)C(C)(C)C. The molecule has 5 aliphatic rings. The van der Waals surface area contributed by atoms with Gasteiger partial charge >= 0.3 is 5.97 Å². The molecule has 0 N–H and O–H groups in total. The summed E-state index contributed by atoms with van der Waals surface area (Å²) >= 11 is 0. The number of imide groups is 1. The fraction of sp³-hybridized carbons (Fsp3) is 0.579. The zero-order valence-corrected chi connectivity index (χ0v) is 32.4. The van der Waals surface area contributed by atoms with Crippen molar-refractivity contribution in [1.29, 1.82) is 0 Å². The molecule has 2 amide bonds. The van der Waals surface area contributed by atoms with E-state index < -0.39 is 32.1 Å². The monoisotopic (exact) mass is 734 g/mol. The number of cyclic esters (lactones) is 1. The Hall–Kier alpha value is -4.14. The first-order valence-electron chi connectivity index (χ1n) is 18.1. The van der Waals surface area contributed by atoms with Gasteiger partial charge in [0, 0.05) is 51.1 Å². The number of ether oxygens (including phenoxy) is 5. The number of carbonyl (C=O) groups excluding carboxylic acids is 3. The highest BCUT2D eigenvalue weighted by atomic mass is 28.4. The van der Waals surface area contributed by atoms with Crippen LogP contribution in [0.4, 0.5) is 0 Å². The van der Waals surface area contributed by atoms with Gasteiger partial charge in [-0.05, 0) is 66.1 Å². The van der Waals surface area contributed by atoms with Crippen LogP contribution in [0, 0.1) is 11.8 Å². The molecule has 0 unspecified atom stereocenters. The number of likely N-dealkylation sites (N-methyl/N-ethyl adjacent to an activating group) is 1. The summed E-state index contributed by atoms with van der Waals surface area (Å²) in [6.07, 6.45) is -0.0857. The molecule has 280 valence electrons. The maximum Gasteiger partial charge on any atom is 0.310 e. The Balaban J connectivity index is 1.27. The van der Waals surface area contributed by atoms with Crippen LogP contribution < -0.4 is 23.4 Å². The zero-order chi connectivity index (χ0) is 37.1. The summed E-state index contributed by atoms with van der Waals surface area (Å²) < 4.78 is 36.0. The number of fused-ring (bicyclic) bond motifs is 3. The Kier molecular flexibility index (Phi) is 9.53. The third-order valence-electron chi connectivity index (χ3n) is 11.8. The van der Waals surface area contributed by atoms with Gasteiger partial charge in [0.15, 0.2) is 28.7 Å². The lowest BCUT2D eigenvalue weighted by molar-refractivity contribution is -0.142. The van der Waals surface area contributed by atoms with E-state index in [1.807, 2.05) is 24.3 Å². The molecular formula is C38H50N4O9Si. The molecule has 14 heteroatoms. The number of methoxy groups -OCH3 is 2. The van der Waals surface area contributed by atoms with Crippen LogP contribution in [0.15, 0.2) is 29.3 Å². The number of hydrogen-bond donors (Lipinski definition) is 0. The number of rotatable bonds is 9. The van der Waals surface area contributed by atoms with Gasteiger partial charge in [-0.1, -0.05) is 20.8 Å². The topological polar surface area (TPSA) is 129 Å². The maximum absolute atomic E-state index is 13.8. The molecule has 3 saturated heterocycles. The molecule has 0 aromatic heterocycles. The summed E-state index contributed by atoms with van der Waals surface area (Å²) in [5.41, 5.74) is 2.56. The number of piperazine rings is 1. The lowest BCUT2D eigenvalue weighted by Crippen LogP contribution is -2.47. The molecular weight excluding hydrogens is 685 g/mol. The highest BCUT2D eigenvalue weighted by Gasteiger charge is 2.53. The van der Waals surface area contributed by atoms with Crippen LogP contribution in [-0.4, -0.2) is 120 Å². The second-order valence-electron chi connectivity index (χ2n) is 15.9. The van der Waals surface area contributed by atoms with E-state index in [0.717, 1.165) is 42.9 Å². The molecule has 0 radical (unpaired) electrons. The van der Waals surface area contributed by atoms with E-state index in [-0.39, 0.29) is 48.4 Å². The minimum absolute atomic E-state index is 0.0629. The average Bonchev–Trinajstić information content (AvgIpc) is 3.80. The van der Waals surface area contributed by atoms with Gasteiger partial charge in [0.1, 0.15) is 5.71 Å². The van der Waals surface area contributed by atoms with Gasteiger partial charge < -0.3 is 33.0 Å².